The summed E-state index contributed by atoms with van der Waals surface area (Å²) in [5.41, 5.74) is 0.814. The van der Waals surface area contributed by atoms with Gasteiger partial charge in [0, 0.05) is 11.6 Å². The fourth-order valence-corrected chi connectivity index (χ4v) is 1.64. The summed E-state index contributed by atoms with van der Waals surface area (Å²) in [6.07, 6.45) is 1.45. The van der Waals surface area contributed by atoms with Crippen molar-refractivity contribution in [1.29, 1.82) is 0 Å². The molecule has 1 atom stereocenters. The van der Waals surface area contributed by atoms with E-state index in [9.17, 15) is 9.59 Å². The van der Waals surface area contributed by atoms with Gasteiger partial charge in [0.2, 0.25) is 0 Å². The molecule has 1 aromatic carbocycles. The average molecular weight is 276 g/mol. The third kappa shape index (κ3) is 3.38. The summed E-state index contributed by atoms with van der Waals surface area (Å²) in [5, 5.41) is 0. The van der Waals surface area contributed by atoms with Crippen LogP contribution < -0.4 is 4.74 Å². The number of carbonyl (C=O) groups excluding carboxylic acids is 2. The molecule has 0 amide bonds. The summed E-state index contributed by atoms with van der Waals surface area (Å²) in [5.74, 6) is -0.312. The summed E-state index contributed by atoms with van der Waals surface area (Å²) in [6, 6.07) is 6.63. The van der Waals surface area contributed by atoms with Crippen molar-refractivity contribution in [1.82, 2.24) is 0 Å². The van der Waals surface area contributed by atoms with Gasteiger partial charge in [0.15, 0.2) is 0 Å². The molecule has 0 N–H and O–H groups in total. The number of esters is 2. The molecular formula is C15H16O5. The number of carbonyl (C=O) groups is 2. The molecule has 0 unspecified atom stereocenters. The van der Waals surface area contributed by atoms with Gasteiger partial charge in [-0.3, -0.25) is 0 Å². The maximum absolute atomic E-state index is 11.9. The smallest absolute Gasteiger partial charge is 0.341 e. The van der Waals surface area contributed by atoms with Crippen molar-refractivity contribution >= 4 is 11.9 Å². The van der Waals surface area contributed by atoms with E-state index in [1.165, 1.54) is 6.08 Å². The van der Waals surface area contributed by atoms with Gasteiger partial charge >= 0.3 is 11.9 Å². The van der Waals surface area contributed by atoms with Crippen LogP contribution in [0, 0.1) is 0 Å². The number of rotatable bonds is 5. The lowest BCUT2D eigenvalue weighted by Gasteiger charge is -2.10. The van der Waals surface area contributed by atoms with Crippen LogP contribution in [0.15, 0.2) is 35.9 Å². The van der Waals surface area contributed by atoms with Gasteiger partial charge in [-0.1, -0.05) is 6.92 Å². The van der Waals surface area contributed by atoms with E-state index in [2.05, 4.69) is 0 Å². The number of ether oxygens (including phenoxy) is 3. The molecule has 0 bridgehead atoms. The molecule has 5 heteroatoms. The van der Waals surface area contributed by atoms with Crippen LogP contribution in [0.3, 0.4) is 0 Å². The van der Waals surface area contributed by atoms with E-state index < -0.39 is 18.2 Å². The Bertz CT molecular complexity index is 530. The van der Waals surface area contributed by atoms with E-state index in [1.54, 1.807) is 31.2 Å². The minimum absolute atomic E-state index is 0.378. The molecule has 2 rings (SSSR count). The number of benzene rings is 1. The van der Waals surface area contributed by atoms with Crippen LogP contribution in [0.25, 0.3) is 0 Å². The van der Waals surface area contributed by atoms with Crippen molar-refractivity contribution in [2.75, 3.05) is 6.61 Å². The lowest BCUT2D eigenvalue weighted by molar-refractivity contribution is -0.151. The molecule has 1 aliphatic heterocycles. The van der Waals surface area contributed by atoms with Crippen LogP contribution in [0.1, 0.15) is 30.6 Å². The highest BCUT2D eigenvalue weighted by molar-refractivity contribution is 5.92. The second-order valence-electron chi connectivity index (χ2n) is 4.40. The summed E-state index contributed by atoms with van der Waals surface area (Å²) in [4.78, 5) is 23.0. The SMILES string of the molecule is CCCOc1ccc(C(=O)O[C@H]2C=C(C)C(=O)O2)cc1. The van der Waals surface area contributed by atoms with Crippen LogP contribution >= 0.6 is 0 Å². The molecular weight excluding hydrogens is 260 g/mol. The largest absolute Gasteiger partial charge is 0.494 e. The fraction of sp³-hybridized carbons (Fsp3) is 0.333. The van der Waals surface area contributed by atoms with Gasteiger partial charge in [0.1, 0.15) is 5.75 Å². The first kappa shape index (κ1) is 14.1. The first-order valence-corrected chi connectivity index (χ1v) is 6.43. The molecule has 0 spiro atoms. The van der Waals surface area contributed by atoms with Gasteiger partial charge in [0.05, 0.1) is 12.2 Å². The van der Waals surface area contributed by atoms with E-state index in [4.69, 9.17) is 14.2 Å². The van der Waals surface area contributed by atoms with Crippen LogP contribution in [0.5, 0.6) is 5.75 Å². The normalized spacial score (nSPS) is 17.4. The van der Waals surface area contributed by atoms with Gasteiger partial charge in [-0.15, -0.1) is 0 Å². The Kier molecular flexibility index (Phi) is 4.40. The molecule has 0 aromatic heterocycles. The zero-order valence-corrected chi connectivity index (χ0v) is 11.4. The van der Waals surface area contributed by atoms with E-state index >= 15 is 0 Å². The third-order valence-corrected chi connectivity index (χ3v) is 2.72. The van der Waals surface area contributed by atoms with Crippen molar-refractivity contribution in [3.05, 3.63) is 41.5 Å². The van der Waals surface area contributed by atoms with E-state index in [1.807, 2.05) is 6.92 Å². The highest BCUT2D eigenvalue weighted by Gasteiger charge is 2.25. The van der Waals surface area contributed by atoms with Gasteiger partial charge in [-0.2, -0.15) is 0 Å². The number of hydrogen-bond acceptors (Lipinski definition) is 5. The molecule has 0 fully saturated rings. The molecule has 1 aliphatic rings. The van der Waals surface area contributed by atoms with Crippen LogP contribution in [0.4, 0.5) is 0 Å². The van der Waals surface area contributed by atoms with Crippen molar-refractivity contribution in [2.45, 2.75) is 26.6 Å². The minimum atomic E-state index is -0.939. The molecule has 1 heterocycles. The standard InChI is InChI=1S/C15H16O5/c1-3-8-18-12-6-4-11(5-7-12)15(17)20-13-9-10(2)14(16)19-13/h4-7,9,13H,3,8H2,1-2H3/t13-/m0/s1. The molecule has 20 heavy (non-hydrogen) atoms. The molecule has 1 aromatic rings. The Balaban J connectivity index is 1.94. The summed E-state index contributed by atoms with van der Waals surface area (Å²) in [6.45, 7) is 4.26. The highest BCUT2D eigenvalue weighted by Crippen LogP contribution is 2.17. The third-order valence-electron chi connectivity index (χ3n) is 2.72. The number of cyclic esters (lactones) is 1. The van der Waals surface area contributed by atoms with Crippen molar-refractivity contribution in [3.8, 4) is 5.75 Å². The number of hydrogen-bond donors (Lipinski definition) is 0. The Morgan fingerprint density at radius 3 is 2.55 bits per heavy atom. The van der Waals surface area contributed by atoms with Crippen LogP contribution in [-0.2, 0) is 14.3 Å². The lowest BCUT2D eigenvalue weighted by atomic mass is 10.2. The van der Waals surface area contributed by atoms with Crippen molar-refractivity contribution < 1.29 is 23.8 Å². The maximum Gasteiger partial charge on any atom is 0.341 e. The molecule has 0 radical (unpaired) electrons. The second kappa shape index (κ2) is 6.23. The Morgan fingerprint density at radius 2 is 2.00 bits per heavy atom. The van der Waals surface area contributed by atoms with E-state index in [0.29, 0.717) is 23.5 Å². The van der Waals surface area contributed by atoms with Crippen molar-refractivity contribution in [3.63, 3.8) is 0 Å². The zero-order valence-electron chi connectivity index (χ0n) is 11.4. The Hall–Kier alpha value is -2.30. The zero-order chi connectivity index (χ0) is 14.5. The predicted octanol–water partition coefficient (Wildman–Crippen LogP) is 2.46. The van der Waals surface area contributed by atoms with Gasteiger partial charge in [-0.05, 0) is 37.6 Å². The lowest BCUT2D eigenvalue weighted by Crippen LogP contribution is -2.17. The highest BCUT2D eigenvalue weighted by atomic mass is 16.7. The minimum Gasteiger partial charge on any atom is -0.494 e. The molecule has 5 nitrogen and oxygen atoms in total. The monoisotopic (exact) mass is 276 g/mol. The summed E-state index contributed by atoms with van der Waals surface area (Å²) in [7, 11) is 0. The summed E-state index contributed by atoms with van der Waals surface area (Å²) < 4.78 is 15.3. The Morgan fingerprint density at radius 1 is 1.30 bits per heavy atom. The van der Waals surface area contributed by atoms with E-state index in [0.717, 1.165) is 6.42 Å². The molecule has 0 saturated heterocycles. The quantitative estimate of drug-likeness (QED) is 0.773. The van der Waals surface area contributed by atoms with Gasteiger partial charge in [0.25, 0.3) is 6.29 Å². The summed E-state index contributed by atoms with van der Waals surface area (Å²) >= 11 is 0. The first-order valence-electron chi connectivity index (χ1n) is 6.43. The fourth-order valence-electron chi connectivity index (χ4n) is 1.64. The molecule has 0 aliphatic carbocycles. The second-order valence-corrected chi connectivity index (χ2v) is 4.40. The van der Waals surface area contributed by atoms with E-state index in [-0.39, 0.29) is 0 Å². The Labute approximate surface area is 117 Å². The topological polar surface area (TPSA) is 61.8 Å². The molecule has 106 valence electrons. The van der Waals surface area contributed by atoms with Gasteiger partial charge in [-0.25, -0.2) is 9.59 Å². The van der Waals surface area contributed by atoms with Gasteiger partial charge < -0.3 is 14.2 Å². The maximum atomic E-state index is 11.9. The first-order chi connectivity index (χ1) is 9.60. The average Bonchev–Trinajstić information content (AvgIpc) is 2.75. The van der Waals surface area contributed by atoms with Crippen molar-refractivity contribution in [2.24, 2.45) is 0 Å². The molecule has 0 saturated carbocycles. The van der Waals surface area contributed by atoms with Crippen LogP contribution in [0.2, 0.25) is 0 Å². The van der Waals surface area contributed by atoms with Crippen LogP contribution in [-0.4, -0.2) is 24.8 Å². The predicted molar refractivity (Wildman–Crippen MR) is 71.3 cm³/mol.